The summed E-state index contributed by atoms with van der Waals surface area (Å²) in [5.74, 6) is -70.5. The second-order valence-electron chi connectivity index (χ2n) is 23.4. The zero-order valence-corrected chi connectivity index (χ0v) is 59.5. The van der Waals surface area contributed by atoms with Gasteiger partial charge in [-0.3, -0.25) is 0 Å². The molecule has 602 valence electrons. The van der Waals surface area contributed by atoms with Crippen molar-refractivity contribution in [2.24, 2.45) is 0 Å². The molecule has 0 aliphatic heterocycles. The maximum absolute atomic E-state index is 14.2. The zero-order chi connectivity index (χ0) is 84.6. The predicted molar refractivity (Wildman–Crippen MR) is 339 cm³/mol. The number of aryl methyl sites for hydroxylation is 4. The van der Waals surface area contributed by atoms with Crippen LogP contribution in [0.4, 0.5) is 149 Å². The van der Waals surface area contributed by atoms with E-state index in [0.717, 1.165) is 52.9 Å². The van der Waals surface area contributed by atoms with Crippen molar-refractivity contribution in [3.63, 3.8) is 0 Å². The Hall–Kier alpha value is -8.84. The van der Waals surface area contributed by atoms with Gasteiger partial charge in [0.15, 0.2) is 163 Å². The Morgan fingerprint density at radius 1 is 0.252 bits per heavy atom. The molecule has 0 spiro atoms. The first-order valence-electron chi connectivity index (χ1n) is 31.7. The van der Waals surface area contributed by atoms with Gasteiger partial charge in [0, 0.05) is 27.6 Å². The molecule has 0 amide bonds. The van der Waals surface area contributed by atoms with Crippen LogP contribution >= 0.6 is 7.92 Å². The number of hydrogen-bond donors (Lipinski definition) is 1. The maximum atomic E-state index is 14.2. The SMILES string of the molecule is CCCCCCCCCP(CCCCCC)c1cc(F)ccc1F.Cc1cc(-c2c(F)c(F)c(F)c(F)c2F)c(F)c(F)c1F.Cc1cc(-c2c(F)c(F)c(F)c(F)c2F)c(F)c(F)c1F.Cc1cc(-c2c(F)c(F)c(F)c(F)c2F)c(F)c(F)c1F.Cc1cc(-c2c(F)c(F)c(F)c(F)c2F)c(F)c(F)c1F.[O]=[Al][OH]. The molecular weight excluding hydrogens is 1610 g/mol. The zero-order valence-electron chi connectivity index (χ0n) is 57.5. The Bertz CT molecular complexity index is 4270. The van der Waals surface area contributed by atoms with Crippen LogP contribution in [0.15, 0.2) is 42.5 Å². The molecule has 0 aliphatic carbocycles. The minimum atomic E-state index is -2.44. The molecule has 1 unspecified atom stereocenters. The number of hydrogen-bond acceptors (Lipinski definition) is 1. The van der Waals surface area contributed by atoms with Gasteiger partial charge in [0.2, 0.25) is 23.3 Å². The van der Waals surface area contributed by atoms with Crippen LogP contribution in [0.1, 0.15) is 107 Å². The topological polar surface area (TPSA) is 37.3 Å². The molecule has 0 saturated heterocycles. The van der Waals surface area contributed by atoms with Gasteiger partial charge in [-0.15, -0.1) is 0 Å². The summed E-state index contributed by atoms with van der Waals surface area (Å²) in [5.41, 5.74) is -14.0. The van der Waals surface area contributed by atoms with Gasteiger partial charge in [-0.1, -0.05) is 79.6 Å². The van der Waals surface area contributed by atoms with E-state index in [1.54, 1.807) is 0 Å². The summed E-state index contributed by atoms with van der Waals surface area (Å²) in [6.45, 7) is 8.19. The summed E-state index contributed by atoms with van der Waals surface area (Å²) in [6, 6.07) is 5.78. The van der Waals surface area contributed by atoms with Gasteiger partial charge < -0.3 is 0 Å². The standard InChI is InChI=1S/C21H35F2P.4C13H4F8.Al.H2O.O/c1-3-5-7-9-10-11-13-17-24(16-12-8-6-4-2)21-18-19(22)14-15-20(21)23;4*1-3-2-4(7(15)10(18)6(3)14)5-8(16)11(19)13(21)12(20)9(5)17;;;/h14-15,18H,3-13,16-17H2,1-2H3;4*2H,1H3;;1H2;/q;;;;;+1;;/p-1. The summed E-state index contributed by atoms with van der Waals surface area (Å²) >= 11 is -1.50. The number of rotatable bonds is 18. The van der Waals surface area contributed by atoms with Crippen molar-refractivity contribution in [1.82, 2.24) is 0 Å². The second-order valence-corrected chi connectivity index (χ2v) is 26.0. The molecule has 0 fully saturated rings. The van der Waals surface area contributed by atoms with E-state index in [1.165, 1.54) is 76.0 Å². The van der Waals surface area contributed by atoms with E-state index in [-0.39, 0.29) is 11.6 Å². The van der Waals surface area contributed by atoms with E-state index < -0.39 is 276 Å². The molecule has 9 aromatic carbocycles. The summed E-state index contributed by atoms with van der Waals surface area (Å²) in [5, 5.41) is 0.660. The van der Waals surface area contributed by atoms with Crippen LogP contribution in [-0.4, -0.2) is 32.0 Å². The molecule has 0 bridgehead atoms. The molecule has 9 aromatic rings. The van der Waals surface area contributed by atoms with Gasteiger partial charge in [0.1, 0.15) is 11.6 Å². The Morgan fingerprint density at radius 3 is 0.649 bits per heavy atom. The first kappa shape index (κ1) is 94.5. The van der Waals surface area contributed by atoms with Crippen molar-refractivity contribution in [3.05, 3.63) is 263 Å². The van der Waals surface area contributed by atoms with Crippen LogP contribution in [0.3, 0.4) is 0 Å². The third-order valence-corrected chi connectivity index (χ3v) is 18.5. The molecule has 0 radical (unpaired) electrons. The van der Waals surface area contributed by atoms with Gasteiger partial charge in [0.05, 0.1) is 22.3 Å². The summed E-state index contributed by atoms with van der Waals surface area (Å²) in [6.07, 6.45) is 15.8. The van der Waals surface area contributed by atoms with Crippen LogP contribution in [0, 0.1) is 225 Å². The van der Waals surface area contributed by atoms with Crippen molar-refractivity contribution in [1.29, 1.82) is 0 Å². The first-order valence-corrected chi connectivity index (χ1v) is 34.4. The van der Waals surface area contributed by atoms with Crippen LogP contribution in [0.2, 0.25) is 0 Å². The Balaban J connectivity index is 0.000000290. The fourth-order valence-corrected chi connectivity index (χ4v) is 12.7. The Kier molecular flexibility index (Phi) is 35.4. The second kappa shape index (κ2) is 41.6. The fourth-order valence-electron chi connectivity index (χ4n) is 10.1. The third-order valence-electron chi connectivity index (χ3n) is 15.8. The molecule has 38 heteroatoms. The van der Waals surface area contributed by atoms with E-state index in [0.29, 0.717) is 29.6 Å². The Morgan fingerprint density at radius 2 is 0.432 bits per heavy atom. The van der Waals surface area contributed by atoms with E-state index in [9.17, 15) is 149 Å². The molecule has 0 aliphatic rings. The minimum absolute atomic E-state index is 0.207. The van der Waals surface area contributed by atoms with Gasteiger partial charge in [-0.05, 0) is 118 Å². The summed E-state index contributed by atoms with van der Waals surface area (Å²) in [4.78, 5) is 0. The predicted octanol–water partition coefficient (Wildman–Crippen LogP) is 25.4. The molecule has 0 aromatic heterocycles. The van der Waals surface area contributed by atoms with Crippen LogP contribution in [0.25, 0.3) is 44.5 Å². The van der Waals surface area contributed by atoms with Crippen molar-refractivity contribution in [2.45, 2.75) is 112 Å². The van der Waals surface area contributed by atoms with Crippen LogP contribution in [-0.2, 0) is 3.80 Å². The average Bonchev–Trinajstić information content (AvgIpc) is 0.779. The molecule has 0 saturated carbocycles. The van der Waals surface area contributed by atoms with Gasteiger partial charge >= 0.3 is 23.4 Å². The van der Waals surface area contributed by atoms with Crippen molar-refractivity contribution in [3.8, 4) is 44.5 Å². The van der Waals surface area contributed by atoms with E-state index in [4.69, 9.17) is 7.96 Å². The van der Waals surface area contributed by atoms with Crippen LogP contribution < -0.4 is 5.30 Å². The summed E-state index contributed by atoms with van der Waals surface area (Å²) < 4.78 is 467. The van der Waals surface area contributed by atoms with Gasteiger partial charge in [0.25, 0.3) is 0 Å². The van der Waals surface area contributed by atoms with Crippen molar-refractivity contribution >= 4 is 28.7 Å². The molecule has 2 nitrogen and oxygen atoms in total. The van der Waals surface area contributed by atoms with Gasteiger partial charge in [-0.25, -0.2) is 149 Å². The monoisotopic (exact) mass is 1660 g/mol. The number of halogens is 34. The fraction of sp³-hybridized carbons (Fsp3) is 0.260. The number of benzene rings is 9. The van der Waals surface area contributed by atoms with Crippen molar-refractivity contribution < 1.29 is 157 Å². The molecular formula is C73H52AlF34O2P. The van der Waals surface area contributed by atoms with E-state index in [1.807, 2.05) is 0 Å². The third kappa shape index (κ3) is 21.5. The molecule has 0 heterocycles. The first-order chi connectivity index (χ1) is 51.8. The molecule has 111 heavy (non-hydrogen) atoms. The molecule has 9 rings (SSSR count). The average molecular weight is 1670 g/mol. The van der Waals surface area contributed by atoms with Crippen molar-refractivity contribution in [2.75, 3.05) is 12.3 Å². The van der Waals surface area contributed by atoms with E-state index >= 15 is 0 Å². The molecule has 1 atom stereocenters. The van der Waals surface area contributed by atoms with Gasteiger partial charge in [-0.2, -0.15) is 0 Å². The normalized spacial score (nSPS) is 11.2. The Labute approximate surface area is 615 Å². The summed E-state index contributed by atoms with van der Waals surface area (Å²) in [7, 11) is -0.552. The van der Waals surface area contributed by atoms with E-state index in [2.05, 4.69) is 13.8 Å². The number of unbranched alkanes of at least 4 members (excludes halogenated alkanes) is 9. The quantitative estimate of drug-likeness (QED) is 0.0232. The van der Waals surface area contributed by atoms with Crippen LogP contribution in [0.5, 0.6) is 0 Å². The molecule has 1 N–H and O–H groups in total.